The van der Waals surface area contributed by atoms with Gasteiger partial charge in [0.05, 0.1) is 28.0 Å². The van der Waals surface area contributed by atoms with Gasteiger partial charge < -0.3 is 15.3 Å². The first-order chi connectivity index (χ1) is 15.6. The fourth-order valence-electron chi connectivity index (χ4n) is 4.06. The Morgan fingerprint density at radius 3 is 2.56 bits per heavy atom. The topological polar surface area (TPSA) is 81.2 Å². The summed E-state index contributed by atoms with van der Waals surface area (Å²) in [6, 6.07) is 21.2. The summed E-state index contributed by atoms with van der Waals surface area (Å²) in [6.45, 7) is 1.19. The number of carbonyl (C=O) groups excluding carboxylic acids is 1. The van der Waals surface area contributed by atoms with Crippen molar-refractivity contribution in [2.24, 2.45) is 0 Å². The average molecular weight is 447 g/mol. The molecule has 1 amide bonds. The van der Waals surface area contributed by atoms with Crippen LogP contribution < -0.4 is 5.32 Å². The van der Waals surface area contributed by atoms with Gasteiger partial charge in [-0.3, -0.25) is 9.89 Å². The molecule has 3 aromatic carbocycles. The van der Waals surface area contributed by atoms with E-state index in [9.17, 15) is 9.90 Å². The molecule has 0 spiro atoms. The SMILES string of the molecule is O=C(c1ccc(-c2n[nH]c3cc(Nc4ccccc4Cl)ccc23)cc1)N1CCC(O)CC1. The van der Waals surface area contributed by atoms with Crippen LogP contribution in [0.3, 0.4) is 0 Å². The van der Waals surface area contributed by atoms with E-state index in [1.54, 1.807) is 4.90 Å². The highest BCUT2D eigenvalue weighted by Gasteiger charge is 2.22. The smallest absolute Gasteiger partial charge is 0.253 e. The van der Waals surface area contributed by atoms with E-state index in [2.05, 4.69) is 15.5 Å². The number of carbonyl (C=O) groups is 1. The maximum Gasteiger partial charge on any atom is 0.253 e. The molecule has 1 aromatic heterocycles. The lowest BCUT2D eigenvalue weighted by molar-refractivity contribution is 0.0546. The largest absolute Gasteiger partial charge is 0.393 e. The molecular weight excluding hydrogens is 424 g/mol. The lowest BCUT2D eigenvalue weighted by Gasteiger charge is -2.29. The number of nitrogens with zero attached hydrogens (tertiary/aromatic N) is 2. The number of hydrogen-bond donors (Lipinski definition) is 3. The fourth-order valence-corrected chi connectivity index (χ4v) is 4.24. The van der Waals surface area contributed by atoms with Crippen LogP contribution >= 0.6 is 11.6 Å². The van der Waals surface area contributed by atoms with Gasteiger partial charge in [-0.1, -0.05) is 35.9 Å². The molecule has 1 fully saturated rings. The van der Waals surface area contributed by atoms with Crippen molar-refractivity contribution >= 4 is 39.8 Å². The highest BCUT2D eigenvalue weighted by Crippen LogP contribution is 2.31. The third kappa shape index (κ3) is 4.07. The van der Waals surface area contributed by atoms with Crippen molar-refractivity contribution in [1.29, 1.82) is 0 Å². The minimum absolute atomic E-state index is 0.00521. The second-order valence-electron chi connectivity index (χ2n) is 8.04. The number of benzene rings is 3. The summed E-state index contributed by atoms with van der Waals surface area (Å²) in [5.74, 6) is 0.00521. The van der Waals surface area contributed by atoms with E-state index in [1.807, 2.05) is 66.7 Å². The van der Waals surface area contributed by atoms with Crippen LogP contribution in [-0.4, -0.2) is 45.3 Å². The Morgan fingerprint density at radius 1 is 1.06 bits per heavy atom. The molecule has 1 aliphatic heterocycles. The second-order valence-corrected chi connectivity index (χ2v) is 8.45. The molecule has 0 saturated carbocycles. The number of aromatic nitrogens is 2. The molecule has 162 valence electrons. The fraction of sp³-hybridized carbons (Fsp3) is 0.200. The van der Waals surface area contributed by atoms with E-state index in [4.69, 9.17) is 11.6 Å². The standard InChI is InChI=1S/C25H23ClN4O2/c26-21-3-1-2-4-22(21)27-18-9-10-20-23(15-18)28-29-24(20)16-5-7-17(8-6-16)25(32)30-13-11-19(31)12-14-30/h1-10,15,19,27,31H,11-14H2,(H,28,29). The van der Waals surface area contributed by atoms with E-state index in [1.165, 1.54) is 0 Å². The molecular formula is C25H23ClN4O2. The van der Waals surface area contributed by atoms with Gasteiger partial charge in [0.2, 0.25) is 0 Å². The number of nitrogens with one attached hydrogen (secondary N) is 2. The van der Waals surface area contributed by atoms with Crippen LogP contribution in [0.4, 0.5) is 11.4 Å². The van der Waals surface area contributed by atoms with Crippen molar-refractivity contribution in [1.82, 2.24) is 15.1 Å². The number of likely N-dealkylation sites (tertiary alicyclic amines) is 1. The molecule has 0 aliphatic carbocycles. The number of para-hydroxylation sites is 1. The normalized spacial score (nSPS) is 14.6. The van der Waals surface area contributed by atoms with Crippen molar-refractivity contribution in [2.75, 3.05) is 18.4 Å². The molecule has 7 heteroatoms. The molecule has 2 heterocycles. The Kier molecular flexibility index (Phi) is 5.55. The van der Waals surface area contributed by atoms with Crippen LogP contribution in [0.2, 0.25) is 5.02 Å². The summed E-state index contributed by atoms with van der Waals surface area (Å²) in [4.78, 5) is 14.5. The first-order valence-corrected chi connectivity index (χ1v) is 11.0. The third-order valence-corrected chi connectivity index (χ3v) is 6.20. The van der Waals surface area contributed by atoms with Crippen molar-refractivity contribution in [3.8, 4) is 11.3 Å². The highest BCUT2D eigenvalue weighted by atomic mass is 35.5. The number of H-pyrrole nitrogens is 1. The molecule has 0 unspecified atom stereocenters. The molecule has 0 radical (unpaired) electrons. The van der Waals surface area contributed by atoms with Crippen molar-refractivity contribution < 1.29 is 9.90 Å². The lowest BCUT2D eigenvalue weighted by Crippen LogP contribution is -2.40. The second kappa shape index (κ2) is 8.65. The number of hydrogen-bond acceptors (Lipinski definition) is 4. The van der Waals surface area contributed by atoms with Crippen LogP contribution in [0, 0.1) is 0 Å². The number of aromatic amines is 1. The van der Waals surface area contributed by atoms with Crippen molar-refractivity contribution in [3.63, 3.8) is 0 Å². The first-order valence-electron chi connectivity index (χ1n) is 10.7. The molecule has 6 nitrogen and oxygen atoms in total. The molecule has 32 heavy (non-hydrogen) atoms. The Labute approximate surface area is 190 Å². The predicted octanol–water partition coefficient (Wildman–Crippen LogP) is 5.22. The quantitative estimate of drug-likeness (QED) is 0.401. The Hall–Kier alpha value is -3.35. The summed E-state index contributed by atoms with van der Waals surface area (Å²) < 4.78 is 0. The van der Waals surface area contributed by atoms with E-state index in [0.717, 1.165) is 33.5 Å². The van der Waals surface area contributed by atoms with E-state index in [-0.39, 0.29) is 12.0 Å². The highest BCUT2D eigenvalue weighted by molar-refractivity contribution is 6.33. The number of halogens is 1. The van der Waals surface area contributed by atoms with Crippen LogP contribution in [0.15, 0.2) is 66.7 Å². The third-order valence-electron chi connectivity index (χ3n) is 5.87. The number of anilines is 2. The van der Waals surface area contributed by atoms with Gasteiger partial charge in [-0.05, 0) is 55.3 Å². The van der Waals surface area contributed by atoms with Gasteiger partial charge in [0, 0.05) is 35.3 Å². The monoisotopic (exact) mass is 446 g/mol. The number of piperidine rings is 1. The van der Waals surface area contributed by atoms with Crippen molar-refractivity contribution in [3.05, 3.63) is 77.3 Å². The average Bonchev–Trinajstić information content (AvgIpc) is 3.24. The minimum atomic E-state index is -0.297. The van der Waals surface area contributed by atoms with E-state index >= 15 is 0 Å². The zero-order chi connectivity index (χ0) is 22.1. The van der Waals surface area contributed by atoms with Gasteiger partial charge in [0.15, 0.2) is 0 Å². The molecule has 1 aliphatic rings. The summed E-state index contributed by atoms with van der Waals surface area (Å²) >= 11 is 6.25. The number of rotatable bonds is 4. The van der Waals surface area contributed by atoms with Gasteiger partial charge in [-0.15, -0.1) is 0 Å². The number of aliphatic hydroxyl groups is 1. The van der Waals surface area contributed by atoms with Crippen LogP contribution in [0.1, 0.15) is 23.2 Å². The zero-order valence-corrected chi connectivity index (χ0v) is 18.1. The summed E-state index contributed by atoms with van der Waals surface area (Å²) in [7, 11) is 0. The molecule has 3 N–H and O–H groups in total. The maximum atomic E-state index is 12.7. The van der Waals surface area contributed by atoms with Crippen LogP contribution in [-0.2, 0) is 0 Å². The van der Waals surface area contributed by atoms with Crippen LogP contribution in [0.25, 0.3) is 22.2 Å². The zero-order valence-electron chi connectivity index (χ0n) is 17.4. The van der Waals surface area contributed by atoms with Gasteiger partial charge in [0.25, 0.3) is 5.91 Å². The Bertz CT molecular complexity index is 1260. The molecule has 4 aromatic rings. The first kappa shape index (κ1) is 20.5. The summed E-state index contributed by atoms with van der Waals surface area (Å²) in [5.41, 5.74) is 5.09. The van der Waals surface area contributed by atoms with Gasteiger partial charge in [-0.25, -0.2) is 0 Å². The Morgan fingerprint density at radius 2 is 1.81 bits per heavy atom. The van der Waals surface area contributed by atoms with Gasteiger partial charge in [0.1, 0.15) is 0 Å². The lowest BCUT2D eigenvalue weighted by atomic mass is 10.0. The van der Waals surface area contributed by atoms with E-state index in [0.29, 0.717) is 36.5 Å². The van der Waals surface area contributed by atoms with E-state index < -0.39 is 0 Å². The summed E-state index contributed by atoms with van der Waals surface area (Å²) in [6.07, 6.45) is 0.974. The molecule has 0 atom stereocenters. The molecule has 1 saturated heterocycles. The molecule has 5 rings (SSSR count). The Balaban J connectivity index is 1.35. The summed E-state index contributed by atoms with van der Waals surface area (Å²) in [5, 5.41) is 22.2. The number of aliphatic hydroxyl groups excluding tert-OH is 1. The number of fused-ring (bicyclic) bond motifs is 1. The van der Waals surface area contributed by atoms with Crippen LogP contribution in [0.5, 0.6) is 0 Å². The van der Waals surface area contributed by atoms with Crippen molar-refractivity contribution in [2.45, 2.75) is 18.9 Å². The predicted molar refractivity (Wildman–Crippen MR) is 127 cm³/mol. The maximum absolute atomic E-state index is 12.7. The molecule has 0 bridgehead atoms. The van der Waals surface area contributed by atoms with Gasteiger partial charge >= 0.3 is 0 Å². The van der Waals surface area contributed by atoms with Gasteiger partial charge in [-0.2, -0.15) is 5.10 Å². The number of amides is 1. The minimum Gasteiger partial charge on any atom is -0.393 e.